The molecule has 2 aliphatic carbocycles. The summed E-state index contributed by atoms with van der Waals surface area (Å²) in [6.45, 7) is 15.3. The Labute approximate surface area is 294 Å². The smallest absolute Gasteiger partial charge is 0.314 e. The normalized spacial score (nSPS) is 42.5. The summed E-state index contributed by atoms with van der Waals surface area (Å²) in [6, 6.07) is 0. The van der Waals surface area contributed by atoms with E-state index >= 15 is 0 Å². The van der Waals surface area contributed by atoms with Gasteiger partial charge in [-0.25, -0.2) is 0 Å². The number of hydrogen-bond acceptors (Lipinski definition) is 8. The highest BCUT2D eigenvalue weighted by Crippen LogP contribution is 2.54. The summed E-state index contributed by atoms with van der Waals surface area (Å²) in [5, 5.41) is 23.1. The van der Waals surface area contributed by atoms with Gasteiger partial charge >= 0.3 is 5.97 Å². The van der Waals surface area contributed by atoms with Crippen molar-refractivity contribution >= 4 is 23.3 Å². The minimum absolute atomic E-state index is 0.0359. The molecule has 0 aromatic heterocycles. The molecule has 4 rings (SSSR count). The van der Waals surface area contributed by atoms with Crippen LogP contribution in [0.15, 0.2) is 34.9 Å². The minimum atomic E-state index is -1.59. The van der Waals surface area contributed by atoms with Crippen LogP contribution in [-0.2, 0) is 28.7 Å². The Bertz CT molecular complexity index is 1360. The molecule has 1 saturated heterocycles. The number of allylic oxidation sites excluding steroid dienone is 5. The van der Waals surface area contributed by atoms with E-state index in [-0.39, 0.29) is 60.8 Å². The van der Waals surface area contributed by atoms with Crippen LogP contribution in [0.3, 0.4) is 0 Å². The first-order chi connectivity index (χ1) is 22.8. The lowest BCUT2D eigenvalue weighted by molar-refractivity contribution is -0.214. The fourth-order valence-corrected chi connectivity index (χ4v) is 8.93. The number of ketones is 3. The summed E-state index contributed by atoms with van der Waals surface area (Å²) in [6.07, 6.45) is 9.50. The van der Waals surface area contributed by atoms with Gasteiger partial charge in [-0.2, -0.15) is 0 Å². The van der Waals surface area contributed by atoms with Gasteiger partial charge in [-0.05, 0) is 83.6 Å². The molecule has 0 radical (unpaired) electrons. The van der Waals surface area contributed by atoms with E-state index in [0.717, 1.165) is 36.0 Å². The van der Waals surface area contributed by atoms with E-state index in [0.29, 0.717) is 25.7 Å². The zero-order valence-electron chi connectivity index (χ0n) is 31.5. The van der Waals surface area contributed by atoms with Gasteiger partial charge in [0, 0.05) is 37.0 Å². The molecule has 274 valence electrons. The predicted molar refractivity (Wildman–Crippen MR) is 189 cm³/mol. The Morgan fingerprint density at radius 1 is 0.898 bits per heavy atom. The molecule has 8 heteroatoms. The first-order valence-electron chi connectivity index (χ1n) is 18.7. The topological polar surface area (TPSA) is 127 Å². The Hall–Kier alpha value is -2.42. The van der Waals surface area contributed by atoms with E-state index in [4.69, 9.17) is 9.47 Å². The quantitative estimate of drug-likeness (QED) is 0.234. The Morgan fingerprint density at radius 2 is 1.57 bits per heavy atom. The van der Waals surface area contributed by atoms with Gasteiger partial charge in [-0.1, -0.05) is 69.9 Å². The van der Waals surface area contributed by atoms with Gasteiger partial charge in [0.25, 0.3) is 0 Å². The molecule has 10 atom stereocenters. The number of fused-ring (bicyclic) bond motifs is 5. The van der Waals surface area contributed by atoms with Crippen LogP contribution in [0, 0.1) is 40.9 Å². The molecule has 2 fully saturated rings. The Kier molecular flexibility index (Phi) is 12.4. The molecule has 2 bridgehead atoms. The van der Waals surface area contributed by atoms with Crippen LogP contribution in [0.4, 0.5) is 0 Å². The van der Waals surface area contributed by atoms with Crippen molar-refractivity contribution in [3.63, 3.8) is 0 Å². The van der Waals surface area contributed by atoms with Crippen LogP contribution < -0.4 is 0 Å². The largest absolute Gasteiger partial charge is 0.469 e. The summed E-state index contributed by atoms with van der Waals surface area (Å²) >= 11 is 0. The summed E-state index contributed by atoms with van der Waals surface area (Å²) in [7, 11) is 1.31. The number of carbonyl (C=O) groups excluding carboxylic acids is 4. The highest BCUT2D eigenvalue weighted by molar-refractivity contribution is 5.98. The van der Waals surface area contributed by atoms with Gasteiger partial charge < -0.3 is 19.7 Å². The van der Waals surface area contributed by atoms with Crippen LogP contribution in [0.5, 0.6) is 0 Å². The van der Waals surface area contributed by atoms with Gasteiger partial charge in [0.05, 0.1) is 41.9 Å². The molecular formula is C41H62O8. The van der Waals surface area contributed by atoms with E-state index in [1.807, 2.05) is 59.8 Å². The maximum atomic E-state index is 14.6. The number of ether oxygens (including phenoxy) is 2. The van der Waals surface area contributed by atoms with Crippen LogP contribution in [0.1, 0.15) is 126 Å². The van der Waals surface area contributed by atoms with Crippen molar-refractivity contribution in [1.29, 1.82) is 0 Å². The molecule has 0 aromatic rings. The maximum absolute atomic E-state index is 14.6. The molecular weight excluding hydrogens is 620 g/mol. The first-order valence-corrected chi connectivity index (χ1v) is 18.7. The highest BCUT2D eigenvalue weighted by atomic mass is 16.5. The van der Waals surface area contributed by atoms with Crippen molar-refractivity contribution < 1.29 is 38.9 Å². The summed E-state index contributed by atoms with van der Waals surface area (Å²) in [4.78, 5) is 57.2. The second kappa shape index (κ2) is 15.4. The van der Waals surface area contributed by atoms with Crippen molar-refractivity contribution in [2.45, 2.75) is 149 Å². The lowest BCUT2D eigenvalue weighted by Gasteiger charge is -2.48. The molecule has 4 aliphatic rings. The average molecular weight is 683 g/mol. The number of rotatable bonds is 2. The fourth-order valence-electron chi connectivity index (χ4n) is 8.93. The minimum Gasteiger partial charge on any atom is -0.469 e. The molecule has 0 amide bonds. The standard InChI is InChI=1S/C41H62O8/c1-24(2)30-22-33(42)27(5)12-10-11-25(3)20-34(43)32-21-28(6)29-15-17-39(7,46)37-16-18-40(8,47)36(49-37)14-13-26(4)19-31(29)41(32,23-35(30)44)38(45)48-9/h15,19,21,24-25,27,30-32,36-37,46-47H,10-14,16-18,20,22-23H2,1-9H3/b26-19+,29-15-/t25-,27+,30-,31-,32+,36-,37+,39-,40+,41-/m1/s1. The predicted octanol–water partition coefficient (Wildman–Crippen LogP) is 7.05. The molecule has 2 heterocycles. The third kappa shape index (κ3) is 8.39. The Balaban J connectivity index is 1.97. The van der Waals surface area contributed by atoms with E-state index in [9.17, 15) is 29.4 Å². The number of aliphatic hydroxyl groups is 2. The monoisotopic (exact) mass is 682 g/mol. The molecule has 0 unspecified atom stereocenters. The van der Waals surface area contributed by atoms with E-state index in [1.165, 1.54) is 7.11 Å². The van der Waals surface area contributed by atoms with E-state index < -0.39 is 52.5 Å². The molecule has 2 N–H and O–H groups in total. The summed E-state index contributed by atoms with van der Waals surface area (Å²) in [5.41, 5.74) is -1.36. The SMILES string of the molecule is COC(=O)[C@@]12CC(=O)[C@@H](C(C)C)CC(=O)[C@@H](C)CCC[C@@H](C)CC(=O)[C@@H]1C=C(C)/C1=C/C[C@@](C)(O)[C@@H]3CC[C@](C)(O)[C@@H](CC/C(C)=C/[C@H]12)O3. The van der Waals surface area contributed by atoms with E-state index in [1.54, 1.807) is 13.8 Å². The molecule has 1 saturated carbocycles. The third-order valence-electron chi connectivity index (χ3n) is 12.4. The maximum Gasteiger partial charge on any atom is 0.314 e. The number of hydrogen-bond donors (Lipinski definition) is 2. The van der Waals surface area contributed by atoms with Gasteiger partial charge in [-0.3, -0.25) is 19.2 Å². The average Bonchev–Trinajstić information content (AvgIpc) is 3.01. The molecule has 0 aromatic carbocycles. The number of carbonyl (C=O) groups is 4. The second-order valence-electron chi connectivity index (χ2n) is 16.9. The van der Waals surface area contributed by atoms with Gasteiger partial charge in [0.2, 0.25) is 0 Å². The molecule has 49 heavy (non-hydrogen) atoms. The van der Waals surface area contributed by atoms with Crippen LogP contribution in [0.25, 0.3) is 0 Å². The molecule has 0 spiro atoms. The highest BCUT2D eigenvalue weighted by Gasteiger charge is 2.58. The molecule has 2 aliphatic heterocycles. The number of methoxy groups -OCH3 is 1. The van der Waals surface area contributed by atoms with Crippen LogP contribution in [-0.4, -0.2) is 64.1 Å². The van der Waals surface area contributed by atoms with Gasteiger partial charge in [-0.15, -0.1) is 0 Å². The van der Waals surface area contributed by atoms with Crippen LogP contribution >= 0.6 is 0 Å². The second-order valence-corrected chi connectivity index (χ2v) is 16.9. The Morgan fingerprint density at radius 3 is 2.22 bits per heavy atom. The summed E-state index contributed by atoms with van der Waals surface area (Å²) < 4.78 is 12.0. The lowest BCUT2D eigenvalue weighted by atomic mass is 9.54. The molecule has 8 nitrogen and oxygen atoms in total. The summed E-state index contributed by atoms with van der Waals surface area (Å²) in [5.74, 6) is -3.38. The third-order valence-corrected chi connectivity index (χ3v) is 12.4. The zero-order chi connectivity index (χ0) is 36.5. The van der Waals surface area contributed by atoms with Crippen molar-refractivity contribution in [3.8, 4) is 0 Å². The fraction of sp³-hybridized carbons (Fsp3) is 0.756. The van der Waals surface area contributed by atoms with Crippen LogP contribution in [0.2, 0.25) is 0 Å². The van der Waals surface area contributed by atoms with E-state index in [2.05, 4.69) is 0 Å². The van der Waals surface area contributed by atoms with Gasteiger partial charge in [0.1, 0.15) is 17.3 Å². The lowest BCUT2D eigenvalue weighted by Crippen LogP contribution is -2.54. The number of esters is 1. The van der Waals surface area contributed by atoms with Crippen molar-refractivity contribution in [1.82, 2.24) is 0 Å². The number of Topliss-reactive ketones (excluding diaryl/α,β-unsaturated/α-hetero) is 3. The van der Waals surface area contributed by atoms with Crippen molar-refractivity contribution in [2.24, 2.45) is 40.9 Å². The zero-order valence-corrected chi connectivity index (χ0v) is 31.5. The first kappa shape index (κ1) is 39.4. The van der Waals surface area contributed by atoms with Gasteiger partial charge in [0.15, 0.2) is 0 Å². The van der Waals surface area contributed by atoms with Crippen molar-refractivity contribution in [3.05, 3.63) is 34.9 Å². The van der Waals surface area contributed by atoms with Crippen molar-refractivity contribution in [2.75, 3.05) is 7.11 Å².